The van der Waals surface area contributed by atoms with Gasteiger partial charge in [-0.1, -0.05) is 38.7 Å². The summed E-state index contributed by atoms with van der Waals surface area (Å²) in [5.41, 5.74) is 2.14. The van der Waals surface area contributed by atoms with Crippen molar-refractivity contribution < 1.29 is 4.79 Å². The molecule has 0 aliphatic carbocycles. The number of hydrogen-bond donors (Lipinski definition) is 0. The van der Waals surface area contributed by atoms with Gasteiger partial charge >= 0.3 is 0 Å². The lowest BCUT2D eigenvalue weighted by atomic mass is 9.99. The molecule has 104 valence electrons. The lowest BCUT2D eigenvalue weighted by molar-refractivity contribution is 0.0736. The standard InChI is InChI=1S/C16H22INO/c1-2-3-4-5-6-10-18-11-9-13-7-8-14(17)12-15(13)16(18)19/h7-8,12H,2-6,9-11H2,1H3. The van der Waals surface area contributed by atoms with E-state index in [0.717, 1.165) is 35.1 Å². The Morgan fingerprint density at radius 2 is 2.00 bits per heavy atom. The van der Waals surface area contributed by atoms with Crippen molar-refractivity contribution >= 4 is 28.5 Å². The Morgan fingerprint density at radius 3 is 2.79 bits per heavy atom. The summed E-state index contributed by atoms with van der Waals surface area (Å²) in [7, 11) is 0. The van der Waals surface area contributed by atoms with Crippen LogP contribution in [0, 0.1) is 3.57 Å². The average molecular weight is 371 g/mol. The summed E-state index contributed by atoms with van der Waals surface area (Å²) >= 11 is 2.28. The Balaban J connectivity index is 1.90. The van der Waals surface area contributed by atoms with Crippen LogP contribution in [0.4, 0.5) is 0 Å². The van der Waals surface area contributed by atoms with Gasteiger partial charge in [0.2, 0.25) is 0 Å². The Kier molecular flexibility index (Phi) is 5.67. The molecule has 0 fully saturated rings. The molecule has 0 spiro atoms. The van der Waals surface area contributed by atoms with Crippen LogP contribution in [-0.4, -0.2) is 23.9 Å². The predicted molar refractivity (Wildman–Crippen MR) is 87.5 cm³/mol. The van der Waals surface area contributed by atoms with Gasteiger partial charge in [0.1, 0.15) is 0 Å². The molecule has 1 aliphatic heterocycles. The number of benzene rings is 1. The van der Waals surface area contributed by atoms with Crippen LogP contribution in [0.2, 0.25) is 0 Å². The molecule has 0 atom stereocenters. The number of halogens is 1. The van der Waals surface area contributed by atoms with Crippen LogP contribution >= 0.6 is 22.6 Å². The van der Waals surface area contributed by atoms with Crippen molar-refractivity contribution in [3.63, 3.8) is 0 Å². The van der Waals surface area contributed by atoms with Gasteiger partial charge in [-0.15, -0.1) is 0 Å². The van der Waals surface area contributed by atoms with Gasteiger partial charge in [0, 0.05) is 22.2 Å². The summed E-state index contributed by atoms with van der Waals surface area (Å²) in [6, 6.07) is 6.22. The van der Waals surface area contributed by atoms with E-state index in [1.54, 1.807) is 0 Å². The molecule has 2 rings (SSSR count). The van der Waals surface area contributed by atoms with E-state index in [1.165, 1.54) is 31.2 Å². The Labute approximate surface area is 129 Å². The number of nitrogens with zero attached hydrogens (tertiary/aromatic N) is 1. The second-order valence-corrected chi connectivity index (χ2v) is 6.50. The first kappa shape index (κ1) is 14.8. The van der Waals surface area contributed by atoms with Crippen LogP contribution in [0.3, 0.4) is 0 Å². The first-order valence-corrected chi connectivity index (χ1v) is 8.38. The molecular formula is C16H22INO. The van der Waals surface area contributed by atoms with E-state index in [-0.39, 0.29) is 5.91 Å². The molecule has 1 aliphatic rings. The molecule has 2 nitrogen and oxygen atoms in total. The maximum Gasteiger partial charge on any atom is 0.254 e. The highest BCUT2D eigenvalue weighted by molar-refractivity contribution is 14.1. The van der Waals surface area contributed by atoms with Crippen molar-refractivity contribution in [3.8, 4) is 0 Å². The first-order chi connectivity index (χ1) is 9.22. The smallest absolute Gasteiger partial charge is 0.254 e. The fraction of sp³-hybridized carbons (Fsp3) is 0.562. The SMILES string of the molecule is CCCCCCCN1CCc2ccc(I)cc2C1=O. The number of carbonyl (C=O) groups is 1. The maximum atomic E-state index is 12.4. The molecule has 19 heavy (non-hydrogen) atoms. The highest BCUT2D eigenvalue weighted by Crippen LogP contribution is 2.21. The molecule has 1 aromatic carbocycles. The van der Waals surface area contributed by atoms with Crippen LogP contribution in [0.5, 0.6) is 0 Å². The summed E-state index contributed by atoms with van der Waals surface area (Å²) < 4.78 is 1.15. The molecule has 0 unspecified atom stereocenters. The minimum Gasteiger partial charge on any atom is -0.338 e. The van der Waals surface area contributed by atoms with Crippen molar-refractivity contribution in [1.29, 1.82) is 0 Å². The van der Waals surface area contributed by atoms with Gasteiger partial charge in [0.25, 0.3) is 5.91 Å². The van der Waals surface area contributed by atoms with Crippen molar-refractivity contribution in [2.45, 2.75) is 45.4 Å². The summed E-state index contributed by atoms with van der Waals surface area (Å²) in [5.74, 6) is 0.232. The van der Waals surface area contributed by atoms with E-state index < -0.39 is 0 Å². The van der Waals surface area contributed by atoms with Crippen LogP contribution in [0.1, 0.15) is 54.9 Å². The third-order valence-corrected chi connectivity index (χ3v) is 4.44. The number of amides is 1. The quantitative estimate of drug-likeness (QED) is 0.541. The van der Waals surface area contributed by atoms with Gasteiger partial charge in [-0.25, -0.2) is 0 Å². The Hall–Kier alpha value is -0.580. The Bertz CT molecular complexity index is 444. The van der Waals surface area contributed by atoms with E-state index >= 15 is 0 Å². The second kappa shape index (κ2) is 7.27. The van der Waals surface area contributed by atoms with Crippen LogP contribution in [0.25, 0.3) is 0 Å². The van der Waals surface area contributed by atoms with Gasteiger partial charge in [0.05, 0.1) is 0 Å². The zero-order chi connectivity index (χ0) is 13.7. The zero-order valence-electron chi connectivity index (χ0n) is 11.6. The van der Waals surface area contributed by atoms with E-state index in [1.807, 2.05) is 11.0 Å². The predicted octanol–water partition coefficient (Wildman–Crippen LogP) is 4.26. The topological polar surface area (TPSA) is 20.3 Å². The van der Waals surface area contributed by atoms with Crippen molar-refractivity contribution in [1.82, 2.24) is 4.90 Å². The van der Waals surface area contributed by atoms with E-state index in [9.17, 15) is 4.79 Å². The van der Waals surface area contributed by atoms with E-state index in [0.29, 0.717) is 0 Å². The van der Waals surface area contributed by atoms with Crippen LogP contribution < -0.4 is 0 Å². The lowest BCUT2D eigenvalue weighted by Crippen LogP contribution is -2.38. The Morgan fingerprint density at radius 1 is 1.21 bits per heavy atom. The van der Waals surface area contributed by atoms with E-state index in [4.69, 9.17) is 0 Å². The molecule has 0 saturated carbocycles. The highest BCUT2D eigenvalue weighted by atomic mass is 127. The molecule has 0 bridgehead atoms. The molecule has 0 saturated heterocycles. The molecule has 1 amide bonds. The summed E-state index contributed by atoms with van der Waals surface area (Å²) in [4.78, 5) is 14.4. The highest BCUT2D eigenvalue weighted by Gasteiger charge is 2.23. The first-order valence-electron chi connectivity index (χ1n) is 7.30. The molecule has 0 radical (unpaired) electrons. The molecule has 1 heterocycles. The summed E-state index contributed by atoms with van der Waals surface area (Å²) in [6.07, 6.45) is 7.28. The summed E-state index contributed by atoms with van der Waals surface area (Å²) in [6.45, 7) is 4.04. The van der Waals surface area contributed by atoms with Crippen molar-refractivity contribution in [3.05, 3.63) is 32.9 Å². The van der Waals surface area contributed by atoms with Gasteiger partial charge in [0.15, 0.2) is 0 Å². The normalized spacial score (nSPS) is 14.6. The summed E-state index contributed by atoms with van der Waals surface area (Å²) in [5, 5.41) is 0. The zero-order valence-corrected chi connectivity index (χ0v) is 13.8. The number of hydrogen-bond acceptors (Lipinski definition) is 1. The van der Waals surface area contributed by atoms with Gasteiger partial charge < -0.3 is 4.90 Å². The molecule has 1 aromatic rings. The third-order valence-electron chi connectivity index (χ3n) is 3.77. The third kappa shape index (κ3) is 3.94. The van der Waals surface area contributed by atoms with Gasteiger partial charge in [-0.2, -0.15) is 0 Å². The minimum absolute atomic E-state index is 0.232. The second-order valence-electron chi connectivity index (χ2n) is 5.26. The molecule has 0 aromatic heterocycles. The number of carbonyl (C=O) groups excluding carboxylic acids is 1. The van der Waals surface area contributed by atoms with Gasteiger partial charge in [-0.3, -0.25) is 4.79 Å². The number of unbranched alkanes of at least 4 members (excludes halogenated alkanes) is 4. The fourth-order valence-corrected chi connectivity index (χ4v) is 3.10. The van der Waals surface area contributed by atoms with Gasteiger partial charge in [-0.05, 0) is 53.1 Å². The molecular weight excluding hydrogens is 349 g/mol. The van der Waals surface area contributed by atoms with Crippen LogP contribution in [0.15, 0.2) is 18.2 Å². The maximum absolute atomic E-state index is 12.4. The molecule has 3 heteroatoms. The minimum atomic E-state index is 0.232. The van der Waals surface area contributed by atoms with Crippen molar-refractivity contribution in [2.75, 3.05) is 13.1 Å². The lowest BCUT2D eigenvalue weighted by Gasteiger charge is -2.28. The van der Waals surface area contributed by atoms with E-state index in [2.05, 4.69) is 41.6 Å². The van der Waals surface area contributed by atoms with Crippen molar-refractivity contribution in [2.24, 2.45) is 0 Å². The number of rotatable bonds is 6. The molecule has 0 N–H and O–H groups in total. The average Bonchev–Trinajstić information content (AvgIpc) is 2.41. The number of fused-ring (bicyclic) bond motifs is 1. The van der Waals surface area contributed by atoms with Crippen LogP contribution in [-0.2, 0) is 6.42 Å². The fourth-order valence-electron chi connectivity index (χ4n) is 2.61. The largest absolute Gasteiger partial charge is 0.338 e. The monoisotopic (exact) mass is 371 g/mol.